The zero-order valence-electron chi connectivity index (χ0n) is 13.1. The summed E-state index contributed by atoms with van der Waals surface area (Å²) >= 11 is 7.52. The van der Waals surface area contributed by atoms with E-state index in [1.54, 1.807) is 28.8 Å². The van der Waals surface area contributed by atoms with Gasteiger partial charge >= 0.3 is 0 Å². The molecule has 0 saturated carbocycles. The normalized spacial score (nSPS) is 11.0. The van der Waals surface area contributed by atoms with Crippen molar-refractivity contribution in [3.63, 3.8) is 0 Å². The number of aromatic nitrogens is 4. The molecule has 0 radical (unpaired) electrons. The quantitative estimate of drug-likeness (QED) is 0.591. The van der Waals surface area contributed by atoms with E-state index in [0.717, 1.165) is 16.4 Å². The zero-order valence-corrected chi connectivity index (χ0v) is 14.7. The molecule has 0 saturated heterocycles. The van der Waals surface area contributed by atoms with Gasteiger partial charge in [0.1, 0.15) is 5.01 Å². The molecule has 0 aliphatic carbocycles. The number of nitrogens with one attached hydrogen (secondary N) is 1. The van der Waals surface area contributed by atoms with Crippen molar-refractivity contribution >= 4 is 39.5 Å². The number of anilines is 1. The molecule has 25 heavy (non-hydrogen) atoms. The zero-order chi connectivity index (χ0) is 17.4. The van der Waals surface area contributed by atoms with E-state index in [0.29, 0.717) is 21.2 Å². The molecule has 0 aliphatic heterocycles. The minimum atomic E-state index is -0.266. The Morgan fingerprint density at radius 2 is 1.88 bits per heavy atom. The second-order valence-electron chi connectivity index (χ2n) is 5.33. The molecule has 1 N–H and O–H groups in total. The number of benzene rings is 2. The Morgan fingerprint density at radius 1 is 1.12 bits per heavy atom. The Kier molecular flexibility index (Phi) is 3.95. The van der Waals surface area contributed by atoms with Gasteiger partial charge in [0, 0.05) is 5.56 Å². The number of carbonyl (C=O) groups is 1. The van der Waals surface area contributed by atoms with Crippen LogP contribution < -0.4 is 5.32 Å². The number of halogens is 1. The maximum atomic E-state index is 12.6. The van der Waals surface area contributed by atoms with Gasteiger partial charge in [-0.25, -0.2) is 0 Å². The van der Waals surface area contributed by atoms with Gasteiger partial charge < -0.3 is 5.32 Å². The van der Waals surface area contributed by atoms with Crippen LogP contribution in [0.3, 0.4) is 0 Å². The predicted octanol–water partition coefficient (Wildman–Crippen LogP) is 4.07. The second-order valence-corrected chi connectivity index (χ2v) is 6.69. The van der Waals surface area contributed by atoms with Gasteiger partial charge in [0.05, 0.1) is 16.3 Å². The van der Waals surface area contributed by atoms with Crippen molar-refractivity contribution in [1.29, 1.82) is 0 Å². The Hall–Kier alpha value is -2.77. The molecule has 6 nitrogen and oxygen atoms in total. The highest BCUT2D eigenvalue weighted by Gasteiger charge is 2.16. The van der Waals surface area contributed by atoms with E-state index in [9.17, 15) is 4.79 Å². The van der Waals surface area contributed by atoms with Crippen LogP contribution >= 0.6 is 22.9 Å². The van der Waals surface area contributed by atoms with E-state index in [4.69, 9.17) is 11.6 Å². The number of aryl methyl sites for hydroxylation is 1. The summed E-state index contributed by atoms with van der Waals surface area (Å²) in [6.45, 7) is 1.84. The molecule has 0 spiro atoms. The van der Waals surface area contributed by atoms with E-state index in [1.165, 1.54) is 11.3 Å². The monoisotopic (exact) mass is 369 g/mol. The Balaban J connectivity index is 1.72. The van der Waals surface area contributed by atoms with E-state index in [1.807, 2.05) is 31.2 Å². The lowest BCUT2D eigenvalue weighted by Gasteiger charge is -2.10. The summed E-state index contributed by atoms with van der Waals surface area (Å²) in [6, 6.07) is 14.4. The molecule has 1 amide bonds. The number of carbonyl (C=O) groups excluding carboxylic acids is 1. The third kappa shape index (κ3) is 2.88. The smallest absolute Gasteiger partial charge is 0.257 e. The van der Waals surface area contributed by atoms with Crippen molar-refractivity contribution in [2.45, 2.75) is 6.92 Å². The average Bonchev–Trinajstić information content (AvgIpc) is 3.18. The molecule has 2 aromatic carbocycles. The highest BCUT2D eigenvalue weighted by molar-refractivity contribution is 7.19. The fraction of sp³-hybridized carbons (Fsp3) is 0.0588. The molecule has 2 aromatic heterocycles. The lowest BCUT2D eigenvalue weighted by Crippen LogP contribution is -2.13. The third-order valence-corrected chi connectivity index (χ3v) is 4.93. The summed E-state index contributed by atoms with van der Waals surface area (Å²) in [5.74, 6) is 0.451. The van der Waals surface area contributed by atoms with Crippen LogP contribution in [0.1, 0.15) is 16.2 Å². The van der Waals surface area contributed by atoms with Crippen LogP contribution in [0, 0.1) is 6.92 Å². The molecular formula is C17H12ClN5OS. The number of fused-ring (bicyclic) bond motifs is 1. The van der Waals surface area contributed by atoms with E-state index in [-0.39, 0.29) is 5.91 Å². The molecule has 0 unspecified atom stereocenters. The summed E-state index contributed by atoms with van der Waals surface area (Å²) < 4.78 is 1.69. The molecule has 0 bridgehead atoms. The molecule has 2 heterocycles. The number of hydrogen-bond acceptors (Lipinski definition) is 5. The van der Waals surface area contributed by atoms with Crippen molar-refractivity contribution in [1.82, 2.24) is 19.8 Å². The van der Waals surface area contributed by atoms with Crippen LogP contribution in [0.25, 0.3) is 15.5 Å². The minimum Gasteiger partial charge on any atom is -0.321 e. The first-order valence-electron chi connectivity index (χ1n) is 7.47. The molecule has 4 aromatic rings. The van der Waals surface area contributed by atoms with Crippen molar-refractivity contribution < 1.29 is 4.79 Å². The van der Waals surface area contributed by atoms with Gasteiger partial charge in [-0.15, -0.1) is 10.2 Å². The molecule has 0 aliphatic rings. The van der Waals surface area contributed by atoms with Crippen molar-refractivity contribution in [2.75, 3.05) is 5.32 Å². The number of rotatable bonds is 3. The van der Waals surface area contributed by atoms with Crippen molar-refractivity contribution in [3.05, 3.63) is 64.9 Å². The van der Waals surface area contributed by atoms with Gasteiger partial charge in [-0.1, -0.05) is 47.2 Å². The standard InChI is InChI=1S/C17H12ClN5OS/c1-10-20-21-17-23(10)22-16(25-17)12-7-3-5-9-14(12)19-15(24)11-6-2-4-8-13(11)18/h2-9H,1H3,(H,19,24). The van der Waals surface area contributed by atoms with Crippen LogP contribution in [-0.2, 0) is 0 Å². The van der Waals surface area contributed by atoms with E-state index in [2.05, 4.69) is 20.6 Å². The Labute approximate surface area is 152 Å². The number of nitrogens with zero attached hydrogens (tertiary/aromatic N) is 4. The molecule has 0 fully saturated rings. The van der Waals surface area contributed by atoms with Crippen LogP contribution in [0.2, 0.25) is 5.02 Å². The minimum absolute atomic E-state index is 0.266. The summed E-state index contributed by atoms with van der Waals surface area (Å²) in [5.41, 5.74) is 1.90. The van der Waals surface area contributed by atoms with Gasteiger partial charge in [-0.2, -0.15) is 9.61 Å². The maximum absolute atomic E-state index is 12.6. The van der Waals surface area contributed by atoms with Crippen LogP contribution in [-0.4, -0.2) is 25.7 Å². The Morgan fingerprint density at radius 3 is 2.68 bits per heavy atom. The predicted molar refractivity (Wildman–Crippen MR) is 98.2 cm³/mol. The topological polar surface area (TPSA) is 72.2 Å². The van der Waals surface area contributed by atoms with Crippen LogP contribution in [0.15, 0.2) is 48.5 Å². The second kappa shape index (κ2) is 6.27. The van der Waals surface area contributed by atoms with Crippen LogP contribution in [0.5, 0.6) is 0 Å². The molecule has 0 atom stereocenters. The van der Waals surface area contributed by atoms with Gasteiger partial charge in [0.2, 0.25) is 4.96 Å². The van der Waals surface area contributed by atoms with Gasteiger partial charge in [0.15, 0.2) is 5.82 Å². The maximum Gasteiger partial charge on any atom is 0.257 e. The number of amides is 1. The lowest BCUT2D eigenvalue weighted by molar-refractivity contribution is 0.102. The first-order valence-corrected chi connectivity index (χ1v) is 8.67. The highest BCUT2D eigenvalue weighted by atomic mass is 35.5. The highest BCUT2D eigenvalue weighted by Crippen LogP contribution is 2.32. The molecular weight excluding hydrogens is 358 g/mol. The third-order valence-electron chi connectivity index (χ3n) is 3.67. The fourth-order valence-corrected chi connectivity index (χ4v) is 3.58. The molecule has 8 heteroatoms. The lowest BCUT2D eigenvalue weighted by atomic mass is 10.1. The van der Waals surface area contributed by atoms with Crippen molar-refractivity contribution in [3.8, 4) is 10.6 Å². The SMILES string of the molecule is Cc1nnc2sc(-c3ccccc3NC(=O)c3ccccc3Cl)nn12. The summed E-state index contributed by atoms with van der Waals surface area (Å²) in [6.07, 6.45) is 0. The van der Waals surface area contributed by atoms with Gasteiger partial charge in [-0.3, -0.25) is 4.79 Å². The van der Waals surface area contributed by atoms with Gasteiger partial charge in [0.25, 0.3) is 5.91 Å². The number of para-hydroxylation sites is 1. The summed E-state index contributed by atoms with van der Waals surface area (Å²) in [7, 11) is 0. The van der Waals surface area contributed by atoms with Crippen LogP contribution in [0.4, 0.5) is 5.69 Å². The van der Waals surface area contributed by atoms with E-state index >= 15 is 0 Å². The fourth-order valence-electron chi connectivity index (χ4n) is 2.44. The Bertz CT molecular complexity index is 1090. The molecule has 4 rings (SSSR count). The van der Waals surface area contributed by atoms with Gasteiger partial charge in [-0.05, 0) is 31.2 Å². The first-order chi connectivity index (χ1) is 12.1. The number of hydrogen-bond donors (Lipinski definition) is 1. The van der Waals surface area contributed by atoms with Crippen molar-refractivity contribution in [2.24, 2.45) is 0 Å². The van der Waals surface area contributed by atoms with E-state index < -0.39 is 0 Å². The average molecular weight is 370 g/mol. The largest absolute Gasteiger partial charge is 0.321 e. The summed E-state index contributed by atoms with van der Waals surface area (Å²) in [5, 5.41) is 16.7. The first kappa shape index (κ1) is 15.7. The molecule has 124 valence electrons. The summed E-state index contributed by atoms with van der Waals surface area (Å²) in [4.78, 5) is 13.3.